The Bertz CT molecular complexity index is 152. The molecule has 0 amide bonds. The van der Waals surface area contributed by atoms with Gasteiger partial charge >= 0.3 is 0 Å². The van der Waals surface area contributed by atoms with Crippen LogP contribution in [0.2, 0.25) is 0 Å². The lowest BCUT2D eigenvalue weighted by atomic mass is 9.95. The number of hydrogen-bond acceptors (Lipinski definition) is 2. The largest absolute Gasteiger partial charge is 0.388 e. The molecular weight excluding hydrogens is 150 g/mol. The topological polar surface area (TPSA) is 21.6 Å². The molecule has 1 aliphatic heterocycles. The quantitative estimate of drug-likeness (QED) is 0.610. The lowest BCUT2D eigenvalue weighted by molar-refractivity contribution is -0.0243. The van der Waals surface area contributed by atoms with Crippen LogP contribution >= 0.6 is 11.6 Å². The Hall–Kier alpha value is -0.240. The Morgan fingerprint density at radius 2 is 2.20 bits per heavy atom. The second kappa shape index (κ2) is 2.79. The fourth-order valence-corrected chi connectivity index (χ4v) is 1.38. The zero-order chi connectivity index (χ0) is 7.61. The summed E-state index contributed by atoms with van der Waals surface area (Å²) in [6.07, 6.45) is 2.73. The first kappa shape index (κ1) is 7.86. The number of hydrogen-bond donors (Lipinski definition) is 0. The van der Waals surface area contributed by atoms with Gasteiger partial charge in [-0.1, -0.05) is 30.6 Å². The third kappa shape index (κ3) is 1.26. The molecule has 0 aromatic heterocycles. The molecule has 0 unspecified atom stereocenters. The summed E-state index contributed by atoms with van der Waals surface area (Å²) in [5.41, 5.74) is -0.0862. The molecule has 0 aromatic rings. The van der Waals surface area contributed by atoms with E-state index in [4.69, 9.17) is 16.4 Å². The molecule has 3 heteroatoms. The van der Waals surface area contributed by atoms with E-state index >= 15 is 0 Å². The van der Waals surface area contributed by atoms with E-state index in [1.807, 2.05) is 0 Å². The molecule has 1 rings (SSSR count). The van der Waals surface area contributed by atoms with Crippen LogP contribution in [-0.4, -0.2) is 10.8 Å². The molecule has 0 aliphatic carbocycles. The fourth-order valence-electron chi connectivity index (χ4n) is 1.11. The monoisotopic (exact) mass is 161 g/mol. The summed E-state index contributed by atoms with van der Waals surface area (Å²) in [6, 6.07) is 0. The summed E-state index contributed by atoms with van der Waals surface area (Å²) < 4.78 is 0. The van der Waals surface area contributed by atoms with Gasteiger partial charge in [-0.15, -0.1) is 0 Å². The van der Waals surface area contributed by atoms with E-state index in [1.54, 1.807) is 0 Å². The standard InChI is InChI=1S/C7H12ClNO/c1-3-7(4-2)5-6(8)9-10-7/h3-5H2,1-2H3. The zero-order valence-electron chi connectivity index (χ0n) is 6.35. The fraction of sp³-hybridized carbons (Fsp3) is 0.857. The van der Waals surface area contributed by atoms with Crippen molar-refractivity contribution >= 4 is 16.8 Å². The Morgan fingerprint density at radius 1 is 1.60 bits per heavy atom. The van der Waals surface area contributed by atoms with Crippen molar-refractivity contribution in [3.8, 4) is 0 Å². The van der Waals surface area contributed by atoms with Crippen LogP contribution < -0.4 is 0 Å². The normalized spacial score (nSPS) is 22.1. The van der Waals surface area contributed by atoms with Gasteiger partial charge in [-0.3, -0.25) is 0 Å². The average Bonchev–Trinajstić information content (AvgIpc) is 2.33. The molecule has 0 aromatic carbocycles. The molecule has 2 nitrogen and oxygen atoms in total. The van der Waals surface area contributed by atoms with Gasteiger partial charge in [0.15, 0.2) is 0 Å². The first-order valence-electron chi connectivity index (χ1n) is 3.63. The highest BCUT2D eigenvalue weighted by molar-refractivity contribution is 6.65. The molecule has 58 valence electrons. The van der Waals surface area contributed by atoms with Gasteiger partial charge in [0.05, 0.1) is 0 Å². The summed E-state index contributed by atoms with van der Waals surface area (Å²) in [4.78, 5) is 5.21. The first-order valence-corrected chi connectivity index (χ1v) is 4.01. The van der Waals surface area contributed by atoms with E-state index < -0.39 is 0 Å². The van der Waals surface area contributed by atoms with Crippen LogP contribution in [0.4, 0.5) is 0 Å². The van der Waals surface area contributed by atoms with Crippen LogP contribution in [0.25, 0.3) is 0 Å². The Balaban J connectivity index is 2.57. The van der Waals surface area contributed by atoms with Crippen molar-refractivity contribution in [2.45, 2.75) is 38.7 Å². The maximum atomic E-state index is 5.68. The zero-order valence-corrected chi connectivity index (χ0v) is 7.11. The van der Waals surface area contributed by atoms with Gasteiger partial charge < -0.3 is 4.84 Å². The molecular formula is C7H12ClNO. The molecule has 0 N–H and O–H groups in total. The summed E-state index contributed by atoms with van der Waals surface area (Å²) in [7, 11) is 0. The van der Waals surface area contributed by atoms with Gasteiger partial charge in [0.1, 0.15) is 10.8 Å². The molecule has 1 aliphatic rings. The van der Waals surface area contributed by atoms with Crippen molar-refractivity contribution in [3.63, 3.8) is 0 Å². The van der Waals surface area contributed by atoms with E-state index in [9.17, 15) is 0 Å². The van der Waals surface area contributed by atoms with Crippen molar-refractivity contribution in [2.24, 2.45) is 5.16 Å². The molecule has 1 heterocycles. The van der Waals surface area contributed by atoms with Crippen LogP contribution in [0.5, 0.6) is 0 Å². The average molecular weight is 162 g/mol. The lowest BCUT2D eigenvalue weighted by Crippen LogP contribution is -2.26. The predicted molar refractivity (Wildman–Crippen MR) is 42.3 cm³/mol. The molecule has 0 radical (unpaired) electrons. The smallest absolute Gasteiger partial charge is 0.149 e. The van der Waals surface area contributed by atoms with Crippen molar-refractivity contribution in [2.75, 3.05) is 0 Å². The highest BCUT2D eigenvalue weighted by atomic mass is 35.5. The first-order chi connectivity index (χ1) is 4.72. The third-order valence-corrected chi connectivity index (χ3v) is 2.30. The molecule has 0 saturated carbocycles. The van der Waals surface area contributed by atoms with E-state index in [2.05, 4.69) is 19.0 Å². The highest BCUT2D eigenvalue weighted by Gasteiger charge is 2.34. The summed E-state index contributed by atoms with van der Waals surface area (Å²) in [6.45, 7) is 4.18. The van der Waals surface area contributed by atoms with E-state index in [0.717, 1.165) is 19.3 Å². The molecule has 0 spiro atoms. The van der Waals surface area contributed by atoms with Crippen LogP contribution in [0.3, 0.4) is 0 Å². The third-order valence-electron chi connectivity index (χ3n) is 2.10. The minimum atomic E-state index is -0.0862. The minimum Gasteiger partial charge on any atom is -0.388 e. The van der Waals surface area contributed by atoms with Gasteiger partial charge in [-0.05, 0) is 12.8 Å². The van der Waals surface area contributed by atoms with E-state index in [1.165, 1.54) is 0 Å². The SMILES string of the molecule is CCC1(CC)CC(Cl)=NO1. The predicted octanol–water partition coefficient (Wildman–Crippen LogP) is 2.52. The Morgan fingerprint density at radius 3 is 2.40 bits per heavy atom. The van der Waals surface area contributed by atoms with Crippen LogP contribution in [-0.2, 0) is 4.84 Å². The summed E-state index contributed by atoms with van der Waals surface area (Å²) in [5, 5.41) is 4.31. The molecule has 0 saturated heterocycles. The number of halogens is 1. The summed E-state index contributed by atoms with van der Waals surface area (Å²) >= 11 is 5.68. The molecule has 10 heavy (non-hydrogen) atoms. The maximum Gasteiger partial charge on any atom is 0.149 e. The van der Waals surface area contributed by atoms with Crippen molar-refractivity contribution < 1.29 is 4.84 Å². The van der Waals surface area contributed by atoms with Gasteiger partial charge in [0.2, 0.25) is 0 Å². The Labute approximate surface area is 66.2 Å². The van der Waals surface area contributed by atoms with Gasteiger partial charge in [0.25, 0.3) is 0 Å². The minimum absolute atomic E-state index is 0.0862. The second-order valence-electron chi connectivity index (χ2n) is 2.63. The number of rotatable bonds is 2. The molecule has 0 fully saturated rings. The Kier molecular flexibility index (Phi) is 2.19. The van der Waals surface area contributed by atoms with Crippen molar-refractivity contribution in [1.82, 2.24) is 0 Å². The van der Waals surface area contributed by atoms with E-state index in [-0.39, 0.29) is 5.60 Å². The maximum absolute atomic E-state index is 5.68. The summed E-state index contributed by atoms with van der Waals surface area (Å²) in [5.74, 6) is 0. The van der Waals surface area contributed by atoms with Gasteiger partial charge in [-0.25, -0.2) is 0 Å². The lowest BCUT2D eigenvalue weighted by Gasteiger charge is -2.22. The number of nitrogens with zero attached hydrogens (tertiary/aromatic N) is 1. The highest BCUT2D eigenvalue weighted by Crippen LogP contribution is 2.31. The van der Waals surface area contributed by atoms with Crippen molar-refractivity contribution in [1.29, 1.82) is 0 Å². The van der Waals surface area contributed by atoms with Gasteiger partial charge in [0, 0.05) is 6.42 Å². The second-order valence-corrected chi connectivity index (χ2v) is 3.06. The van der Waals surface area contributed by atoms with Gasteiger partial charge in [-0.2, -0.15) is 0 Å². The van der Waals surface area contributed by atoms with Crippen LogP contribution in [0.1, 0.15) is 33.1 Å². The van der Waals surface area contributed by atoms with Crippen molar-refractivity contribution in [3.05, 3.63) is 0 Å². The molecule has 0 bridgehead atoms. The van der Waals surface area contributed by atoms with Crippen LogP contribution in [0, 0.1) is 0 Å². The molecule has 0 atom stereocenters. The van der Waals surface area contributed by atoms with Crippen LogP contribution in [0.15, 0.2) is 5.16 Å². The number of oxime groups is 1. The van der Waals surface area contributed by atoms with E-state index in [0.29, 0.717) is 5.17 Å².